The Morgan fingerprint density at radius 2 is 1.91 bits per heavy atom. The lowest BCUT2D eigenvalue weighted by Crippen LogP contribution is -2.36. The summed E-state index contributed by atoms with van der Waals surface area (Å²) < 4.78 is 13.4. The second kappa shape index (κ2) is 9.48. The number of hydrogen-bond donors (Lipinski definition) is 1. The predicted molar refractivity (Wildman–Crippen MR) is 130 cm³/mol. The van der Waals surface area contributed by atoms with E-state index in [-0.39, 0.29) is 12.2 Å². The van der Waals surface area contributed by atoms with Crippen LogP contribution in [-0.4, -0.2) is 51.6 Å². The summed E-state index contributed by atoms with van der Waals surface area (Å²) in [6.45, 7) is 4.64. The van der Waals surface area contributed by atoms with Gasteiger partial charge < -0.3 is 24.3 Å². The van der Waals surface area contributed by atoms with Gasteiger partial charge in [-0.1, -0.05) is 6.07 Å². The average Bonchev–Trinajstić information content (AvgIpc) is 3.14. The number of pyridine rings is 2. The maximum absolute atomic E-state index is 11.4. The molecular weight excluding hydrogens is 432 g/mol. The molecule has 174 valence electrons. The van der Waals surface area contributed by atoms with E-state index in [9.17, 15) is 4.79 Å². The van der Waals surface area contributed by atoms with Crippen molar-refractivity contribution < 1.29 is 14.3 Å². The second-order valence-corrected chi connectivity index (χ2v) is 8.21. The van der Waals surface area contributed by atoms with Crippen LogP contribution in [0.3, 0.4) is 0 Å². The van der Waals surface area contributed by atoms with E-state index in [1.165, 1.54) is 0 Å². The molecule has 4 aromatic rings. The Morgan fingerprint density at radius 3 is 2.74 bits per heavy atom. The van der Waals surface area contributed by atoms with Gasteiger partial charge in [0.15, 0.2) is 0 Å². The van der Waals surface area contributed by atoms with Gasteiger partial charge in [0.25, 0.3) is 0 Å². The van der Waals surface area contributed by atoms with E-state index in [0.717, 1.165) is 35.8 Å². The second-order valence-electron chi connectivity index (χ2n) is 8.21. The first-order valence-corrected chi connectivity index (χ1v) is 11.2. The largest absolute Gasteiger partial charge is 0.457 e. The monoisotopic (exact) mass is 458 g/mol. The third-order valence-electron chi connectivity index (χ3n) is 5.62. The molecule has 1 aliphatic heterocycles. The fourth-order valence-corrected chi connectivity index (χ4v) is 3.93. The minimum atomic E-state index is 0.0611. The van der Waals surface area contributed by atoms with E-state index < -0.39 is 0 Å². The van der Waals surface area contributed by atoms with E-state index >= 15 is 0 Å². The summed E-state index contributed by atoms with van der Waals surface area (Å²) >= 11 is 0. The number of anilines is 3. The van der Waals surface area contributed by atoms with Crippen molar-refractivity contribution in [2.45, 2.75) is 13.3 Å². The highest BCUT2D eigenvalue weighted by molar-refractivity contribution is 5.81. The number of fused-ring (bicyclic) bond motifs is 1. The maximum Gasteiger partial charge on any atom is 0.209 e. The van der Waals surface area contributed by atoms with Gasteiger partial charge in [0.1, 0.15) is 28.9 Å². The molecule has 1 fully saturated rings. The van der Waals surface area contributed by atoms with Crippen LogP contribution in [0.15, 0.2) is 54.7 Å². The average molecular weight is 459 g/mol. The van der Waals surface area contributed by atoms with E-state index in [1.807, 2.05) is 48.0 Å². The van der Waals surface area contributed by atoms with E-state index in [4.69, 9.17) is 19.4 Å². The molecule has 0 unspecified atom stereocenters. The van der Waals surface area contributed by atoms with Crippen molar-refractivity contribution in [2.75, 3.05) is 36.5 Å². The van der Waals surface area contributed by atoms with Gasteiger partial charge in [-0.15, -0.1) is 0 Å². The number of Topliss-reactive ketones (excluding diaryl/α,β-unsaturated/α-hetero) is 1. The van der Waals surface area contributed by atoms with Crippen molar-refractivity contribution >= 4 is 34.4 Å². The number of morpholine rings is 1. The summed E-state index contributed by atoms with van der Waals surface area (Å²) in [6.07, 6.45) is 1.93. The van der Waals surface area contributed by atoms with Gasteiger partial charge in [0.05, 0.1) is 29.9 Å². The van der Waals surface area contributed by atoms with E-state index in [0.29, 0.717) is 36.4 Å². The molecule has 1 N–H and O–H groups in total. The highest BCUT2D eigenvalue weighted by Crippen LogP contribution is 2.28. The van der Waals surface area contributed by atoms with Crippen LogP contribution >= 0.6 is 0 Å². The number of carbonyl (C=O) groups excluding carboxylic acids is 1. The van der Waals surface area contributed by atoms with Gasteiger partial charge in [-0.25, -0.2) is 9.97 Å². The van der Waals surface area contributed by atoms with Crippen molar-refractivity contribution in [1.82, 2.24) is 19.5 Å². The normalized spacial score (nSPS) is 13.8. The maximum atomic E-state index is 11.4. The number of nitrogens with one attached hydrogen (secondary N) is 1. The van der Waals surface area contributed by atoms with Crippen LogP contribution < -0.4 is 15.0 Å². The summed E-state index contributed by atoms with van der Waals surface area (Å²) in [5.74, 6) is 3.71. The van der Waals surface area contributed by atoms with Crippen molar-refractivity contribution in [3.05, 3.63) is 60.4 Å². The SMILES string of the molecule is CC(=O)Cc1cc(Oc2ccc3nc(Nc4cccc(N5CCOCC5)n4)n(C)c3c2)ccn1. The Balaban J connectivity index is 1.36. The third kappa shape index (κ3) is 4.84. The summed E-state index contributed by atoms with van der Waals surface area (Å²) in [6, 6.07) is 15.2. The number of rotatable bonds is 7. The zero-order valence-electron chi connectivity index (χ0n) is 19.2. The number of ketones is 1. The minimum absolute atomic E-state index is 0.0611. The number of nitrogens with zero attached hydrogens (tertiary/aromatic N) is 5. The topological polar surface area (TPSA) is 94.4 Å². The van der Waals surface area contributed by atoms with Crippen LogP contribution in [0.4, 0.5) is 17.6 Å². The number of carbonyl (C=O) groups is 1. The standard InChI is InChI=1S/C25H26N6O3/c1-17(32)14-18-15-20(8-9-26-18)34-19-6-7-21-22(16-19)30(2)25(27-21)29-23-4-3-5-24(28-23)31-10-12-33-13-11-31/h3-9,15-16H,10-14H2,1-2H3,(H,27,28,29). The molecule has 1 aromatic carbocycles. The Bertz CT molecular complexity index is 1330. The lowest BCUT2D eigenvalue weighted by atomic mass is 10.2. The zero-order chi connectivity index (χ0) is 23.5. The fraction of sp³-hybridized carbons (Fsp3) is 0.280. The predicted octanol–water partition coefficient (Wildman–Crippen LogP) is 3.87. The molecule has 0 atom stereocenters. The smallest absolute Gasteiger partial charge is 0.209 e. The van der Waals surface area contributed by atoms with Crippen LogP contribution in [0.2, 0.25) is 0 Å². The quantitative estimate of drug-likeness (QED) is 0.446. The molecule has 0 saturated carbocycles. The van der Waals surface area contributed by atoms with Crippen LogP contribution in [0.5, 0.6) is 11.5 Å². The van der Waals surface area contributed by atoms with Crippen molar-refractivity contribution in [3.8, 4) is 11.5 Å². The third-order valence-corrected chi connectivity index (χ3v) is 5.62. The number of benzene rings is 1. The molecule has 5 rings (SSSR count). The van der Waals surface area contributed by atoms with Crippen LogP contribution in [-0.2, 0) is 23.0 Å². The van der Waals surface area contributed by atoms with Gasteiger partial charge in [-0.05, 0) is 37.3 Å². The van der Waals surface area contributed by atoms with Crippen LogP contribution in [0.25, 0.3) is 11.0 Å². The van der Waals surface area contributed by atoms with Gasteiger partial charge in [-0.2, -0.15) is 0 Å². The molecule has 9 nitrogen and oxygen atoms in total. The Kier molecular flexibility index (Phi) is 6.09. The molecule has 1 aliphatic rings. The molecule has 34 heavy (non-hydrogen) atoms. The van der Waals surface area contributed by atoms with Gasteiger partial charge in [-0.3, -0.25) is 9.78 Å². The number of imidazole rings is 1. The highest BCUT2D eigenvalue weighted by Gasteiger charge is 2.14. The summed E-state index contributed by atoms with van der Waals surface area (Å²) in [5, 5.41) is 3.34. The summed E-state index contributed by atoms with van der Waals surface area (Å²) in [7, 11) is 1.95. The molecular formula is C25H26N6O3. The summed E-state index contributed by atoms with van der Waals surface area (Å²) in [5.41, 5.74) is 2.45. The lowest BCUT2D eigenvalue weighted by molar-refractivity contribution is -0.116. The van der Waals surface area contributed by atoms with Crippen molar-refractivity contribution in [3.63, 3.8) is 0 Å². The molecule has 0 spiro atoms. The van der Waals surface area contributed by atoms with Gasteiger partial charge >= 0.3 is 0 Å². The molecule has 3 aromatic heterocycles. The Morgan fingerprint density at radius 1 is 1.09 bits per heavy atom. The zero-order valence-corrected chi connectivity index (χ0v) is 19.2. The molecule has 0 aliphatic carbocycles. The molecule has 9 heteroatoms. The first-order valence-electron chi connectivity index (χ1n) is 11.2. The highest BCUT2D eigenvalue weighted by atomic mass is 16.5. The minimum Gasteiger partial charge on any atom is -0.457 e. The van der Waals surface area contributed by atoms with E-state index in [1.54, 1.807) is 25.3 Å². The molecule has 4 heterocycles. The Labute approximate surface area is 197 Å². The molecule has 0 radical (unpaired) electrons. The Hall–Kier alpha value is -3.98. The number of hydrogen-bond acceptors (Lipinski definition) is 8. The summed E-state index contributed by atoms with van der Waals surface area (Å²) in [4.78, 5) is 27.3. The fourth-order valence-electron chi connectivity index (χ4n) is 3.93. The first-order chi connectivity index (χ1) is 16.5. The first kappa shape index (κ1) is 21.8. The number of ether oxygens (including phenoxy) is 2. The van der Waals surface area contributed by atoms with Crippen LogP contribution in [0, 0.1) is 0 Å². The lowest BCUT2D eigenvalue weighted by Gasteiger charge is -2.28. The van der Waals surface area contributed by atoms with Crippen molar-refractivity contribution in [1.29, 1.82) is 0 Å². The van der Waals surface area contributed by atoms with Crippen LogP contribution in [0.1, 0.15) is 12.6 Å². The molecule has 0 bridgehead atoms. The van der Waals surface area contributed by atoms with E-state index in [2.05, 4.69) is 15.2 Å². The number of aromatic nitrogens is 4. The molecule has 1 saturated heterocycles. The van der Waals surface area contributed by atoms with Gasteiger partial charge in [0.2, 0.25) is 5.95 Å². The number of aryl methyl sites for hydroxylation is 1. The van der Waals surface area contributed by atoms with Gasteiger partial charge in [0, 0.05) is 44.9 Å². The van der Waals surface area contributed by atoms with Crippen molar-refractivity contribution in [2.24, 2.45) is 7.05 Å². The molecule has 0 amide bonds.